The first-order valence-electron chi connectivity index (χ1n) is 3.90. The molecule has 13 heteroatoms. The van der Waals surface area contributed by atoms with Gasteiger partial charge in [-0.05, 0) is 0 Å². The van der Waals surface area contributed by atoms with Crippen LogP contribution in [0.2, 0.25) is 0 Å². The van der Waals surface area contributed by atoms with Gasteiger partial charge in [0.25, 0.3) is 0 Å². The molecule has 0 saturated carbocycles. The molecule has 10 nitrogen and oxygen atoms in total. The van der Waals surface area contributed by atoms with E-state index in [0.717, 1.165) is 0 Å². The average molecular weight is 332 g/mol. The van der Waals surface area contributed by atoms with Crippen molar-refractivity contribution in [2.45, 2.75) is 0 Å². The summed E-state index contributed by atoms with van der Waals surface area (Å²) in [6.45, 7) is 0. The molecule has 108 valence electrons. The van der Waals surface area contributed by atoms with Gasteiger partial charge in [-0.1, -0.05) is 11.5 Å². The molecular weight excluding hydrogens is 324 g/mol. The molecule has 0 saturated heterocycles. The van der Waals surface area contributed by atoms with E-state index in [2.05, 4.69) is 20.4 Å². The number of nitrogens with two attached hydrogens (primary N) is 2. The molecule has 0 aliphatic rings. The second-order valence-electron chi connectivity index (χ2n) is 2.57. The smallest absolute Gasteiger partial charge is 0.218 e. The van der Waals surface area contributed by atoms with Crippen LogP contribution in [0.5, 0.6) is 0 Å². The van der Waals surface area contributed by atoms with Crippen molar-refractivity contribution in [2.75, 3.05) is 0 Å². The Labute approximate surface area is 109 Å². The molecule has 0 aliphatic heterocycles. The predicted molar refractivity (Wildman–Crippen MR) is 62.6 cm³/mol. The summed E-state index contributed by atoms with van der Waals surface area (Å²) in [4.78, 5) is 0. The fraction of sp³-hybridized carbons (Fsp3) is 0. The van der Waals surface area contributed by atoms with Crippen molar-refractivity contribution >= 4 is 30.1 Å². The molecule has 0 amide bonds. The van der Waals surface area contributed by atoms with Crippen molar-refractivity contribution < 1.29 is 33.8 Å². The molecule has 0 fully saturated rings. The highest BCUT2D eigenvalue weighted by Gasteiger charge is 2.03. The maximum atomic E-state index is 11.2. The second-order valence-corrected chi connectivity index (χ2v) is 7.05. The molecule has 0 aromatic carbocycles. The van der Waals surface area contributed by atoms with Gasteiger partial charge in [0, 0.05) is 0 Å². The van der Waals surface area contributed by atoms with E-state index in [1.54, 1.807) is 11.5 Å². The Bertz CT molecular complexity index is 685. The fourth-order valence-corrected chi connectivity index (χ4v) is 1.84. The number of hydrogen-bond donors (Lipinski definition) is 2. The SMILES string of the molecule is NOS(=O)(=O)C=C=CS(=O)(=O)C=C=CS(=O)(=O)ON. The highest BCUT2D eigenvalue weighted by Crippen LogP contribution is 1.96. The van der Waals surface area contributed by atoms with E-state index in [4.69, 9.17) is 0 Å². The normalized spacial score (nSPS) is 11.9. The van der Waals surface area contributed by atoms with Crippen molar-refractivity contribution in [3.8, 4) is 0 Å². The van der Waals surface area contributed by atoms with Crippen molar-refractivity contribution in [1.29, 1.82) is 0 Å². The topological polar surface area (TPSA) is 173 Å². The van der Waals surface area contributed by atoms with Crippen LogP contribution in [0.15, 0.2) is 33.1 Å². The highest BCUT2D eigenvalue weighted by atomic mass is 32.2. The Morgan fingerprint density at radius 3 is 1.26 bits per heavy atom. The van der Waals surface area contributed by atoms with E-state index in [1.165, 1.54) is 0 Å². The third-order valence-corrected chi connectivity index (χ3v) is 3.47. The van der Waals surface area contributed by atoms with Gasteiger partial charge < -0.3 is 0 Å². The zero-order valence-corrected chi connectivity index (χ0v) is 11.4. The summed E-state index contributed by atoms with van der Waals surface area (Å²) in [5.41, 5.74) is 3.51. The third-order valence-electron chi connectivity index (χ3n) is 1.16. The van der Waals surface area contributed by atoms with Crippen LogP contribution in [0.3, 0.4) is 0 Å². The van der Waals surface area contributed by atoms with Gasteiger partial charge in [-0.2, -0.15) is 37.2 Å². The predicted octanol–water partition coefficient (Wildman–Crippen LogP) is -1.91. The van der Waals surface area contributed by atoms with Gasteiger partial charge in [0.2, 0.25) is 9.84 Å². The molecule has 4 N–H and O–H groups in total. The Morgan fingerprint density at radius 1 is 0.684 bits per heavy atom. The van der Waals surface area contributed by atoms with E-state index in [0.29, 0.717) is 10.8 Å². The molecule has 0 heterocycles. The van der Waals surface area contributed by atoms with Gasteiger partial charge in [0.05, 0.1) is 10.8 Å². The summed E-state index contributed by atoms with van der Waals surface area (Å²) >= 11 is 0. The second kappa shape index (κ2) is 6.77. The quantitative estimate of drug-likeness (QED) is 0.412. The van der Waals surface area contributed by atoms with Crippen LogP contribution in [-0.2, 0) is 38.6 Å². The van der Waals surface area contributed by atoms with Crippen LogP contribution in [0.1, 0.15) is 0 Å². The average Bonchev–Trinajstić information content (AvgIpc) is 2.28. The first kappa shape index (κ1) is 17.7. The maximum Gasteiger partial charge on any atom is 0.313 e. The maximum absolute atomic E-state index is 11.2. The Balaban J connectivity index is 5.27. The van der Waals surface area contributed by atoms with E-state index in [9.17, 15) is 25.3 Å². The minimum Gasteiger partial charge on any atom is -0.218 e. The van der Waals surface area contributed by atoms with Gasteiger partial charge in [-0.15, -0.1) is 0 Å². The minimum atomic E-state index is -4.22. The molecule has 0 unspecified atom stereocenters. The molecule has 0 spiro atoms. The van der Waals surface area contributed by atoms with Crippen LogP contribution in [-0.4, -0.2) is 25.3 Å². The number of rotatable bonds is 6. The molecule has 0 atom stereocenters. The lowest BCUT2D eigenvalue weighted by Gasteiger charge is -1.87. The summed E-state index contributed by atoms with van der Waals surface area (Å²) in [7, 11) is -12.5. The van der Waals surface area contributed by atoms with Crippen LogP contribution < -0.4 is 11.8 Å². The summed E-state index contributed by atoms with van der Waals surface area (Å²) in [5, 5.41) is 1.14. The Hall–Kier alpha value is -1.27. The lowest BCUT2D eigenvalue weighted by Crippen LogP contribution is -2.06. The molecular formula is C6H8N2O8S3. The molecule has 19 heavy (non-hydrogen) atoms. The van der Waals surface area contributed by atoms with Crippen LogP contribution in [0.4, 0.5) is 0 Å². The molecule has 0 rings (SSSR count). The summed E-state index contributed by atoms with van der Waals surface area (Å²) in [6.07, 6.45) is 0. The fourth-order valence-electron chi connectivity index (χ4n) is 0.501. The van der Waals surface area contributed by atoms with Crippen LogP contribution in [0.25, 0.3) is 0 Å². The van der Waals surface area contributed by atoms with E-state index in [-0.39, 0.29) is 10.8 Å². The zero-order valence-electron chi connectivity index (χ0n) is 8.95. The zero-order chi connectivity index (χ0) is 15.2. The Kier molecular flexibility index (Phi) is 6.32. The standard InChI is InChI=1S/C6H8N2O8S3/c7-15-18(11,12)5-1-3-17(9,10)4-2-6-19(13,14)16-8/h3-6H,7-8H2. The monoisotopic (exact) mass is 332 g/mol. The van der Waals surface area contributed by atoms with Gasteiger partial charge >= 0.3 is 20.2 Å². The molecule has 0 radical (unpaired) electrons. The first-order chi connectivity index (χ1) is 8.54. The summed E-state index contributed by atoms with van der Waals surface area (Å²) in [5.74, 6) is 8.72. The highest BCUT2D eigenvalue weighted by molar-refractivity contribution is 7.97. The van der Waals surface area contributed by atoms with Crippen molar-refractivity contribution in [2.24, 2.45) is 11.8 Å². The van der Waals surface area contributed by atoms with Gasteiger partial charge in [0.15, 0.2) is 0 Å². The number of hydrogen-bond acceptors (Lipinski definition) is 10. The number of sulfone groups is 1. The van der Waals surface area contributed by atoms with Gasteiger partial charge in [-0.3, -0.25) is 0 Å². The third kappa shape index (κ3) is 8.45. The summed E-state index contributed by atoms with van der Waals surface area (Å²) in [6, 6.07) is 0. The molecule has 0 aromatic heterocycles. The van der Waals surface area contributed by atoms with Crippen molar-refractivity contribution in [3.63, 3.8) is 0 Å². The largest absolute Gasteiger partial charge is 0.313 e. The van der Waals surface area contributed by atoms with E-state index in [1.807, 2.05) is 0 Å². The van der Waals surface area contributed by atoms with Crippen molar-refractivity contribution in [1.82, 2.24) is 0 Å². The van der Waals surface area contributed by atoms with E-state index >= 15 is 0 Å². The molecule has 0 bridgehead atoms. The van der Waals surface area contributed by atoms with Crippen LogP contribution >= 0.6 is 0 Å². The van der Waals surface area contributed by atoms with E-state index < -0.39 is 30.1 Å². The lowest BCUT2D eigenvalue weighted by molar-refractivity contribution is 0.339. The Morgan fingerprint density at radius 2 is 1.00 bits per heavy atom. The first-order valence-corrected chi connectivity index (χ1v) is 8.45. The van der Waals surface area contributed by atoms with Crippen LogP contribution in [0, 0.1) is 0 Å². The van der Waals surface area contributed by atoms with Gasteiger partial charge in [-0.25, -0.2) is 8.42 Å². The van der Waals surface area contributed by atoms with Crippen molar-refractivity contribution in [3.05, 3.63) is 33.1 Å². The molecule has 0 aromatic rings. The summed E-state index contributed by atoms with van der Waals surface area (Å²) < 4.78 is 71.9. The lowest BCUT2D eigenvalue weighted by atomic mass is 11.0. The minimum absolute atomic E-state index is 0.252. The molecule has 0 aliphatic carbocycles. The van der Waals surface area contributed by atoms with Gasteiger partial charge in [0.1, 0.15) is 10.8 Å².